The summed E-state index contributed by atoms with van der Waals surface area (Å²) in [6, 6.07) is 9.07. The molecule has 0 bridgehead atoms. The van der Waals surface area contributed by atoms with E-state index < -0.39 is 5.54 Å². The van der Waals surface area contributed by atoms with Crippen LogP contribution < -0.4 is 5.32 Å². The van der Waals surface area contributed by atoms with Gasteiger partial charge in [-0.1, -0.05) is 0 Å². The maximum absolute atomic E-state index is 13.4. The van der Waals surface area contributed by atoms with E-state index in [-0.39, 0.29) is 17.7 Å². The first kappa shape index (κ1) is 21.4. The van der Waals surface area contributed by atoms with E-state index in [9.17, 15) is 9.59 Å². The van der Waals surface area contributed by atoms with Crippen LogP contribution in [0.25, 0.3) is 5.69 Å². The van der Waals surface area contributed by atoms with Gasteiger partial charge in [-0.25, -0.2) is 4.68 Å². The van der Waals surface area contributed by atoms with Gasteiger partial charge in [0.05, 0.1) is 23.5 Å². The Morgan fingerprint density at radius 2 is 1.88 bits per heavy atom. The number of H-pyrrole nitrogens is 1. The minimum atomic E-state index is -0.503. The molecule has 0 saturated carbocycles. The van der Waals surface area contributed by atoms with E-state index in [0.29, 0.717) is 17.9 Å². The van der Waals surface area contributed by atoms with Gasteiger partial charge >= 0.3 is 0 Å². The Bertz CT molecular complexity index is 1160. The van der Waals surface area contributed by atoms with Crippen LogP contribution >= 0.6 is 0 Å². The van der Waals surface area contributed by atoms with Crippen molar-refractivity contribution < 1.29 is 9.59 Å². The number of hydrogen-bond donors (Lipinski definition) is 2. The molecular weight excluding hydrogens is 418 g/mol. The molecule has 33 heavy (non-hydrogen) atoms. The van der Waals surface area contributed by atoms with Crippen molar-refractivity contribution in [1.82, 2.24) is 29.8 Å². The molecule has 2 aliphatic heterocycles. The highest BCUT2D eigenvalue weighted by Crippen LogP contribution is 2.42. The number of rotatable bonds is 4. The number of piperidine rings is 1. The molecule has 1 aromatic carbocycles. The molecule has 5 rings (SSSR count). The van der Waals surface area contributed by atoms with Crippen molar-refractivity contribution in [3.05, 3.63) is 59.5 Å². The number of amides is 2. The van der Waals surface area contributed by atoms with E-state index in [1.54, 1.807) is 23.0 Å². The van der Waals surface area contributed by atoms with E-state index in [0.717, 1.165) is 42.9 Å². The van der Waals surface area contributed by atoms with Gasteiger partial charge in [0.1, 0.15) is 0 Å². The predicted molar refractivity (Wildman–Crippen MR) is 124 cm³/mol. The van der Waals surface area contributed by atoms with Crippen LogP contribution in [-0.4, -0.2) is 61.7 Å². The van der Waals surface area contributed by atoms with E-state index in [1.165, 1.54) is 0 Å². The van der Waals surface area contributed by atoms with Crippen LogP contribution in [0.5, 0.6) is 0 Å². The summed E-state index contributed by atoms with van der Waals surface area (Å²) in [6.07, 6.45) is 5.32. The van der Waals surface area contributed by atoms with Gasteiger partial charge in [-0.2, -0.15) is 10.2 Å². The third-order valence-corrected chi connectivity index (χ3v) is 6.93. The average molecular weight is 448 g/mol. The van der Waals surface area contributed by atoms with Crippen molar-refractivity contribution in [1.29, 1.82) is 0 Å². The van der Waals surface area contributed by atoms with Crippen LogP contribution in [-0.2, 0) is 16.9 Å². The lowest BCUT2D eigenvalue weighted by molar-refractivity contribution is -0.142. The lowest BCUT2D eigenvalue weighted by atomic mass is 9.93. The Labute approximate surface area is 192 Å². The van der Waals surface area contributed by atoms with Crippen molar-refractivity contribution >= 4 is 17.6 Å². The third kappa shape index (κ3) is 3.82. The van der Waals surface area contributed by atoms with E-state index >= 15 is 0 Å². The van der Waals surface area contributed by atoms with Crippen molar-refractivity contribution in [2.45, 2.75) is 38.8 Å². The Hall–Kier alpha value is -3.46. The summed E-state index contributed by atoms with van der Waals surface area (Å²) >= 11 is 0. The number of carbonyl (C=O) groups excluding carboxylic acids is 2. The molecule has 1 fully saturated rings. The number of fused-ring (bicyclic) bond motifs is 1. The van der Waals surface area contributed by atoms with Crippen molar-refractivity contribution in [2.75, 3.05) is 25.5 Å². The Morgan fingerprint density at radius 3 is 2.55 bits per heavy atom. The van der Waals surface area contributed by atoms with Gasteiger partial charge in [0.15, 0.2) is 5.82 Å². The van der Waals surface area contributed by atoms with Crippen molar-refractivity contribution in [2.24, 2.45) is 5.92 Å². The normalized spacial score (nSPS) is 18.3. The summed E-state index contributed by atoms with van der Waals surface area (Å²) in [5, 5.41) is 14.6. The topological polar surface area (TPSA) is 99.2 Å². The Balaban J connectivity index is 1.31. The first-order valence-electron chi connectivity index (χ1n) is 11.3. The van der Waals surface area contributed by atoms with Gasteiger partial charge in [0.25, 0.3) is 5.91 Å². The second kappa shape index (κ2) is 8.15. The number of hydrogen-bond acceptors (Lipinski definition) is 5. The fourth-order valence-corrected chi connectivity index (χ4v) is 4.82. The maximum atomic E-state index is 13.4. The van der Waals surface area contributed by atoms with E-state index in [1.807, 2.05) is 43.1 Å². The van der Waals surface area contributed by atoms with Gasteiger partial charge in [-0.3, -0.25) is 14.7 Å². The molecule has 0 aliphatic carbocycles. The second-order valence-corrected chi connectivity index (χ2v) is 9.44. The van der Waals surface area contributed by atoms with Gasteiger partial charge < -0.3 is 15.1 Å². The summed E-state index contributed by atoms with van der Waals surface area (Å²) < 4.78 is 1.74. The van der Waals surface area contributed by atoms with Gasteiger partial charge in [0, 0.05) is 29.4 Å². The molecule has 0 atom stereocenters. The summed E-state index contributed by atoms with van der Waals surface area (Å²) in [7, 11) is 2.09. The number of carbonyl (C=O) groups is 2. The number of aromatic amines is 1. The fraction of sp³-hybridized carbons (Fsp3) is 0.417. The number of benzene rings is 1. The van der Waals surface area contributed by atoms with Crippen LogP contribution in [0.2, 0.25) is 0 Å². The smallest absolute Gasteiger partial charge is 0.256 e. The molecular formula is C24H29N7O2. The molecule has 172 valence electrons. The lowest BCUT2D eigenvalue weighted by Gasteiger charge is -2.37. The molecule has 0 spiro atoms. The zero-order chi connectivity index (χ0) is 23.2. The van der Waals surface area contributed by atoms with Gasteiger partial charge in [0.2, 0.25) is 5.91 Å². The first-order chi connectivity index (χ1) is 15.8. The van der Waals surface area contributed by atoms with Crippen LogP contribution in [0.15, 0.2) is 42.7 Å². The average Bonchev–Trinajstić information content (AvgIpc) is 3.53. The predicted octanol–water partition coefficient (Wildman–Crippen LogP) is 2.77. The van der Waals surface area contributed by atoms with Crippen LogP contribution in [0, 0.1) is 5.92 Å². The number of nitrogens with zero attached hydrogens (tertiary/aromatic N) is 5. The minimum Gasteiger partial charge on any atom is -0.327 e. The molecule has 2 N–H and O–H groups in total. The number of nitrogens with one attached hydrogen (secondary N) is 2. The molecule has 2 aromatic heterocycles. The standard InChI is InChI=1S/C24H29N7O2/c1-24(2)20-19(15-30(24)23(33)17-9-13-29(3)14-10-17)21(28-27-20)26-22(32)16-5-7-18(8-6-16)31-12-4-11-25-31/h4-8,11-12,17H,9-10,13-15H2,1-3H3,(H2,26,27,28,32). The molecule has 2 aliphatic rings. The number of aromatic nitrogens is 4. The third-order valence-electron chi connectivity index (χ3n) is 6.93. The van der Waals surface area contributed by atoms with E-state index in [2.05, 4.69) is 32.6 Å². The molecule has 4 heterocycles. The van der Waals surface area contributed by atoms with Gasteiger partial charge in [-0.05, 0) is 77.2 Å². The van der Waals surface area contributed by atoms with Crippen LogP contribution in [0.1, 0.15) is 48.3 Å². The fourth-order valence-electron chi connectivity index (χ4n) is 4.82. The highest BCUT2D eigenvalue weighted by molar-refractivity contribution is 6.04. The summed E-state index contributed by atoms with van der Waals surface area (Å²) in [6.45, 7) is 6.39. The van der Waals surface area contributed by atoms with E-state index in [4.69, 9.17) is 0 Å². The highest BCUT2D eigenvalue weighted by atomic mass is 16.2. The first-order valence-corrected chi connectivity index (χ1v) is 11.3. The maximum Gasteiger partial charge on any atom is 0.256 e. The molecule has 9 heteroatoms. The SMILES string of the molecule is CN1CCC(C(=O)N2Cc3c(NC(=O)c4ccc(-n5cccn5)cc4)n[nH]c3C2(C)C)CC1. The highest BCUT2D eigenvalue weighted by Gasteiger charge is 2.45. The largest absolute Gasteiger partial charge is 0.327 e. The second-order valence-electron chi connectivity index (χ2n) is 9.44. The monoisotopic (exact) mass is 447 g/mol. The van der Waals surface area contributed by atoms with Gasteiger partial charge in [-0.15, -0.1) is 0 Å². The summed E-state index contributed by atoms with van der Waals surface area (Å²) in [5.41, 5.74) is 2.66. The molecule has 0 unspecified atom stereocenters. The zero-order valence-electron chi connectivity index (χ0n) is 19.2. The molecule has 9 nitrogen and oxygen atoms in total. The van der Waals surface area contributed by atoms with Crippen molar-refractivity contribution in [3.63, 3.8) is 0 Å². The number of anilines is 1. The van der Waals surface area contributed by atoms with Crippen molar-refractivity contribution in [3.8, 4) is 5.69 Å². The van der Waals surface area contributed by atoms with Crippen LogP contribution in [0.3, 0.4) is 0 Å². The molecule has 2 amide bonds. The molecule has 1 saturated heterocycles. The lowest BCUT2D eigenvalue weighted by Crippen LogP contribution is -2.46. The minimum absolute atomic E-state index is 0.0452. The number of likely N-dealkylation sites (tertiary alicyclic amines) is 1. The Kier molecular flexibility index (Phi) is 5.28. The summed E-state index contributed by atoms with van der Waals surface area (Å²) in [5.74, 6) is 0.472. The van der Waals surface area contributed by atoms with Crippen LogP contribution in [0.4, 0.5) is 5.82 Å². The zero-order valence-corrected chi connectivity index (χ0v) is 19.2. The Morgan fingerprint density at radius 1 is 1.15 bits per heavy atom. The quantitative estimate of drug-likeness (QED) is 0.641. The molecule has 3 aromatic rings. The molecule has 0 radical (unpaired) electrons. The summed E-state index contributed by atoms with van der Waals surface area (Å²) in [4.78, 5) is 30.4.